The van der Waals surface area contributed by atoms with Gasteiger partial charge in [0.05, 0.1) is 5.57 Å². The van der Waals surface area contributed by atoms with Crippen molar-refractivity contribution < 1.29 is 35.3 Å². The molecule has 0 unspecified atom stereocenters. The first-order chi connectivity index (χ1) is 7.06. The molecule has 0 fully saturated rings. The van der Waals surface area contributed by atoms with Crippen molar-refractivity contribution in [3.63, 3.8) is 0 Å². The third-order valence-electron chi connectivity index (χ3n) is 1.81. The van der Waals surface area contributed by atoms with Gasteiger partial charge in [0.15, 0.2) is 11.9 Å². The minimum Gasteiger partial charge on any atom is -0.451 e. The SMILES string of the molecule is CC1=C(OS(=O)(=O)C(F)(F)F)[C@@H](C)OC1=O. The summed E-state index contributed by atoms with van der Waals surface area (Å²) in [6.07, 6.45) is -1.15. The Balaban J connectivity index is 3.04. The molecule has 0 radical (unpaired) electrons. The molecule has 0 amide bonds. The third kappa shape index (κ3) is 2.13. The van der Waals surface area contributed by atoms with E-state index in [9.17, 15) is 26.4 Å². The van der Waals surface area contributed by atoms with Crippen LogP contribution in [0, 0.1) is 0 Å². The summed E-state index contributed by atoms with van der Waals surface area (Å²) in [4.78, 5) is 10.9. The molecule has 0 aliphatic carbocycles. The van der Waals surface area contributed by atoms with Crippen molar-refractivity contribution in [1.29, 1.82) is 0 Å². The first-order valence-electron chi connectivity index (χ1n) is 3.99. The highest BCUT2D eigenvalue weighted by Gasteiger charge is 2.50. The molecule has 5 nitrogen and oxygen atoms in total. The van der Waals surface area contributed by atoms with E-state index in [0.717, 1.165) is 6.92 Å². The lowest BCUT2D eigenvalue weighted by Crippen LogP contribution is -2.27. The second-order valence-corrected chi connectivity index (χ2v) is 4.56. The van der Waals surface area contributed by atoms with Crippen molar-refractivity contribution >= 4 is 16.1 Å². The van der Waals surface area contributed by atoms with E-state index in [0.29, 0.717) is 0 Å². The lowest BCUT2D eigenvalue weighted by molar-refractivity contribution is -0.139. The molecule has 92 valence electrons. The smallest absolute Gasteiger partial charge is 0.451 e. The van der Waals surface area contributed by atoms with E-state index in [1.807, 2.05) is 0 Å². The van der Waals surface area contributed by atoms with E-state index >= 15 is 0 Å². The predicted molar refractivity (Wildman–Crippen MR) is 44.3 cm³/mol. The average Bonchev–Trinajstić information content (AvgIpc) is 2.30. The van der Waals surface area contributed by atoms with Gasteiger partial charge in [-0.1, -0.05) is 0 Å². The molecular weight excluding hydrogens is 253 g/mol. The van der Waals surface area contributed by atoms with Crippen LogP contribution >= 0.6 is 0 Å². The fraction of sp³-hybridized carbons (Fsp3) is 0.571. The van der Waals surface area contributed by atoms with Gasteiger partial charge >= 0.3 is 21.6 Å². The summed E-state index contributed by atoms with van der Waals surface area (Å²) in [5.41, 5.74) is -5.83. The largest absolute Gasteiger partial charge is 0.534 e. The fourth-order valence-electron chi connectivity index (χ4n) is 1.00. The van der Waals surface area contributed by atoms with Crippen LogP contribution < -0.4 is 0 Å². The molecule has 0 spiro atoms. The summed E-state index contributed by atoms with van der Waals surface area (Å²) in [5.74, 6) is -1.54. The van der Waals surface area contributed by atoms with Gasteiger partial charge in [-0.15, -0.1) is 0 Å². The average molecular weight is 260 g/mol. The van der Waals surface area contributed by atoms with Crippen LogP contribution in [0.5, 0.6) is 0 Å². The second-order valence-electron chi connectivity index (χ2n) is 3.02. The molecule has 1 rings (SSSR count). The molecule has 0 bridgehead atoms. The van der Waals surface area contributed by atoms with Crippen molar-refractivity contribution in [2.24, 2.45) is 0 Å². The van der Waals surface area contributed by atoms with Crippen molar-refractivity contribution in [2.45, 2.75) is 25.5 Å². The summed E-state index contributed by atoms with van der Waals surface area (Å²) in [7, 11) is -5.76. The Morgan fingerprint density at radius 2 is 1.88 bits per heavy atom. The molecular formula is C7H7F3O5S. The number of cyclic esters (lactones) is 1. The number of rotatable bonds is 2. The first-order valence-corrected chi connectivity index (χ1v) is 5.39. The van der Waals surface area contributed by atoms with Crippen LogP contribution in [0.3, 0.4) is 0 Å². The van der Waals surface area contributed by atoms with Crippen molar-refractivity contribution in [3.8, 4) is 0 Å². The summed E-state index contributed by atoms with van der Waals surface area (Å²) in [6.45, 7) is 2.32. The minimum absolute atomic E-state index is 0.291. The summed E-state index contributed by atoms with van der Waals surface area (Å²) in [5, 5.41) is 0. The van der Waals surface area contributed by atoms with Gasteiger partial charge in [0.1, 0.15) is 0 Å². The van der Waals surface area contributed by atoms with Crippen LogP contribution in [0.15, 0.2) is 11.3 Å². The molecule has 1 atom stereocenters. The number of alkyl halides is 3. The molecule has 1 aliphatic heterocycles. The quantitative estimate of drug-likeness (QED) is 0.422. The van der Waals surface area contributed by atoms with Gasteiger partial charge in [-0.25, -0.2) is 4.79 Å². The number of esters is 1. The molecule has 0 saturated heterocycles. The highest BCUT2D eigenvalue weighted by molar-refractivity contribution is 7.87. The van der Waals surface area contributed by atoms with Gasteiger partial charge < -0.3 is 8.92 Å². The van der Waals surface area contributed by atoms with E-state index in [1.165, 1.54) is 6.92 Å². The molecule has 0 aromatic heterocycles. The zero-order chi connectivity index (χ0) is 12.7. The Kier molecular flexibility index (Phi) is 2.92. The topological polar surface area (TPSA) is 69.7 Å². The number of hydrogen-bond acceptors (Lipinski definition) is 5. The predicted octanol–water partition coefficient (Wildman–Crippen LogP) is 1.07. The summed E-state index contributed by atoms with van der Waals surface area (Å²) < 4.78 is 65.6. The monoisotopic (exact) mass is 260 g/mol. The van der Waals surface area contributed by atoms with Crippen molar-refractivity contribution in [1.82, 2.24) is 0 Å². The van der Waals surface area contributed by atoms with Crippen molar-refractivity contribution in [2.75, 3.05) is 0 Å². The van der Waals surface area contributed by atoms with Gasteiger partial charge in [-0.2, -0.15) is 21.6 Å². The van der Waals surface area contributed by atoms with Crippen LogP contribution in [-0.2, 0) is 23.8 Å². The molecule has 16 heavy (non-hydrogen) atoms. The Labute approximate surface area is 89.0 Å². The normalized spacial score (nSPS) is 22.3. The van der Waals surface area contributed by atoms with Crippen molar-refractivity contribution in [3.05, 3.63) is 11.3 Å². The van der Waals surface area contributed by atoms with Crippen LogP contribution in [0.4, 0.5) is 13.2 Å². The highest BCUT2D eigenvalue weighted by atomic mass is 32.2. The summed E-state index contributed by atoms with van der Waals surface area (Å²) >= 11 is 0. The van der Waals surface area contributed by atoms with Crippen LogP contribution in [0.1, 0.15) is 13.8 Å². The first kappa shape index (κ1) is 12.8. The maximum absolute atomic E-state index is 12.0. The number of hydrogen-bond donors (Lipinski definition) is 0. The number of carbonyl (C=O) groups excluding carboxylic acids is 1. The van der Waals surface area contributed by atoms with Crippen LogP contribution in [0.25, 0.3) is 0 Å². The van der Waals surface area contributed by atoms with E-state index in [-0.39, 0.29) is 5.57 Å². The second kappa shape index (κ2) is 3.65. The molecule has 0 aromatic carbocycles. The van der Waals surface area contributed by atoms with Gasteiger partial charge in [-0.3, -0.25) is 0 Å². The number of halogens is 3. The van der Waals surface area contributed by atoms with E-state index in [4.69, 9.17) is 0 Å². The number of carbonyl (C=O) groups is 1. The highest BCUT2D eigenvalue weighted by Crippen LogP contribution is 2.31. The summed E-state index contributed by atoms with van der Waals surface area (Å²) in [6, 6.07) is 0. The Morgan fingerprint density at radius 3 is 2.19 bits per heavy atom. The zero-order valence-electron chi connectivity index (χ0n) is 8.16. The maximum Gasteiger partial charge on any atom is 0.534 e. The lowest BCUT2D eigenvalue weighted by atomic mass is 10.2. The van der Waals surface area contributed by atoms with Crippen LogP contribution in [0.2, 0.25) is 0 Å². The van der Waals surface area contributed by atoms with Gasteiger partial charge in [-0.05, 0) is 13.8 Å². The molecule has 0 saturated carbocycles. The van der Waals surface area contributed by atoms with Gasteiger partial charge in [0.25, 0.3) is 0 Å². The van der Waals surface area contributed by atoms with Crippen LogP contribution in [-0.4, -0.2) is 26.0 Å². The molecule has 1 aliphatic rings. The fourth-order valence-corrected chi connectivity index (χ4v) is 1.60. The zero-order valence-corrected chi connectivity index (χ0v) is 8.98. The Hall–Kier alpha value is -1.25. The lowest BCUT2D eigenvalue weighted by Gasteiger charge is -2.12. The Bertz CT molecular complexity index is 447. The van der Waals surface area contributed by atoms with E-state index in [2.05, 4.69) is 8.92 Å². The molecule has 9 heteroatoms. The maximum atomic E-state index is 12.0. The van der Waals surface area contributed by atoms with Gasteiger partial charge in [0.2, 0.25) is 0 Å². The van der Waals surface area contributed by atoms with Gasteiger partial charge in [0, 0.05) is 0 Å². The number of ether oxygens (including phenoxy) is 1. The molecule has 1 heterocycles. The standard InChI is InChI=1S/C7H7F3O5S/c1-3-5(4(2)14-6(3)11)15-16(12,13)7(8,9)10/h4H,1-2H3/t4-/m1/s1. The Morgan fingerprint density at radius 1 is 1.38 bits per heavy atom. The molecule has 0 aromatic rings. The third-order valence-corrected chi connectivity index (χ3v) is 2.78. The molecule has 0 N–H and O–H groups in total. The minimum atomic E-state index is -5.76. The van der Waals surface area contributed by atoms with E-state index < -0.39 is 33.5 Å². The van der Waals surface area contributed by atoms with E-state index in [1.54, 1.807) is 0 Å².